The Morgan fingerprint density at radius 1 is 1.12 bits per heavy atom. The molecular formula is C24H37N3O4S. The van der Waals surface area contributed by atoms with Crippen molar-refractivity contribution in [3.63, 3.8) is 0 Å². The lowest BCUT2D eigenvalue weighted by molar-refractivity contribution is -0.140. The summed E-state index contributed by atoms with van der Waals surface area (Å²) in [5.41, 5.74) is 1.09. The van der Waals surface area contributed by atoms with E-state index in [1.165, 1.54) is 11.3 Å². The Hall–Kier alpha value is -2.22. The number of hydrogen-bond donors (Lipinski definition) is 3. The van der Waals surface area contributed by atoms with Gasteiger partial charge in [0.05, 0.1) is 0 Å². The number of carbonyl (C=O) groups excluding carboxylic acids is 3. The van der Waals surface area contributed by atoms with Crippen LogP contribution in [0.1, 0.15) is 70.0 Å². The molecule has 2 unspecified atom stereocenters. The Bertz CT molecular complexity index is 785. The average molecular weight is 464 g/mol. The van der Waals surface area contributed by atoms with Crippen LogP contribution in [0, 0.1) is 6.92 Å². The van der Waals surface area contributed by atoms with E-state index in [2.05, 4.69) is 23.3 Å². The van der Waals surface area contributed by atoms with E-state index in [0.717, 1.165) is 36.8 Å². The fourth-order valence-electron chi connectivity index (χ4n) is 3.83. The Kier molecular flexibility index (Phi) is 9.43. The third-order valence-corrected chi connectivity index (χ3v) is 5.86. The van der Waals surface area contributed by atoms with Gasteiger partial charge < -0.3 is 20.3 Å². The highest BCUT2D eigenvalue weighted by Crippen LogP contribution is 2.24. The van der Waals surface area contributed by atoms with E-state index in [9.17, 15) is 14.4 Å². The number of amides is 3. The van der Waals surface area contributed by atoms with Crippen molar-refractivity contribution < 1.29 is 19.1 Å². The Labute approximate surface area is 197 Å². The van der Waals surface area contributed by atoms with Gasteiger partial charge >= 0.3 is 6.09 Å². The SMILES string of the molecule is Cc1ccc(C(C(=O)NC2CCCCC2)N(C)C(=O)C(CS)NC(=O)OC(C)(C)C)cc1. The highest BCUT2D eigenvalue weighted by Gasteiger charge is 2.34. The van der Waals surface area contributed by atoms with Gasteiger partial charge in [0.15, 0.2) is 0 Å². The summed E-state index contributed by atoms with van der Waals surface area (Å²) in [5, 5.41) is 5.71. The molecule has 1 saturated carbocycles. The molecule has 3 amide bonds. The van der Waals surface area contributed by atoms with Gasteiger partial charge in [-0.05, 0) is 46.1 Å². The number of nitrogens with zero attached hydrogens (tertiary/aromatic N) is 1. The third-order valence-electron chi connectivity index (χ3n) is 5.50. The number of ether oxygens (including phenoxy) is 1. The van der Waals surface area contributed by atoms with Gasteiger partial charge in [-0.2, -0.15) is 12.6 Å². The topological polar surface area (TPSA) is 87.7 Å². The predicted molar refractivity (Wildman–Crippen MR) is 129 cm³/mol. The van der Waals surface area contributed by atoms with Crippen molar-refractivity contribution in [1.82, 2.24) is 15.5 Å². The minimum Gasteiger partial charge on any atom is -0.444 e. The van der Waals surface area contributed by atoms with Crippen LogP contribution in [0.4, 0.5) is 4.79 Å². The van der Waals surface area contributed by atoms with Crippen molar-refractivity contribution >= 4 is 30.5 Å². The molecule has 2 N–H and O–H groups in total. The fourth-order valence-corrected chi connectivity index (χ4v) is 4.08. The lowest BCUT2D eigenvalue weighted by Crippen LogP contribution is -2.53. The summed E-state index contributed by atoms with van der Waals surface area (Å²) in [4.78, 5) is 40.2. The van der Waals surface area contributed by atoms with Crippen LogP contribution in [0.25, 0.3) is 0 Å². The van der Waals surface area contributed by atoms with Crippen molar-refractivity contribution in [2.75, 3.05) is 12.8 Å². The standard InChI is InChI=1S/C24H37N3O4S/c1-16-11-13-17(14-12-16)20(21(28)25-18-9-7-6-8-10-18)27(5)22(29)19(15-32)26-23(30)31-24(2,3)4/h11-14,18-20,32H,6-10,15H2,1-5H3,(H,25,28)(H,26,30). The Morgan fingerprint density at radius 3 is 2.25 bits per heavy atom. The first-order valence-electron chi connectivity index (χ1n) is 11.3. The van der Waals surface area contributed by atoms with Gasteiger partial charge in [0, 0.05) is 18.8 Å². The normalized spacial score (nSPS) is 16.6. The Morgan fingerprint density at radius 2 is 1.72 bits per heavy atom. The molecule has 1 aliphatic carbocycles. The molecule has 1 aromatic rings. The maximum Gasteiger partial charge on any atom is 0.408 e. The quantitative estimate of drug-likeness (QED) is 0.537. The molecule has 1 aliphatic rings. The molecule has 0 radical (unpaired) electrons. The summed E-state index contributed by atoms with van der Waals surface area (Å²) in [6.45, 7) is 7.22. The van der Waals surface area contributed by atoms with Gasteiger partial charge in [-0.15, -0.1) is 0 Å². The molecule has 0 heterocycles. The smallest absolute Gasteiger partial charge is 0.408 e. The van der Waals surface area contributed by atoms with E-state index in [1.807, 2.05) is 31.2 Å². The summed E-state index contributed by atoms with van der Waals surface area (Å²) in [6.07, 6.45) is 4.57. The van der Waals surface area contributed by atoms with Crippen LogP contribution in [0.5, 0.6) is 0 Å². The first-order chi connectivity index (χ1) is 15.0. The molecule has 0 saturated heterocycles. The number of thiol groups is 1. The summed E-state index contributed by atoms with van der Waals surface area (Å²) in [5.74, 6) is -0.546. The average Bonchev–Trinajstić information content (AvgIpc) is 2.72. The van der Waals surface area contributed by atoms with Gasteiger partial charge in [-0.3, -0.25) is 9.59 Å². The van der Waals surface area contributed by atoms with Gasteiger partial charge in [-0.25, -0.2) is 4.79 Å². The van der Waals surface area contributed by atoms with Crippen LogP contribution < -0.4 is 10.6 Å². The van der Waals surface area contributed by atoms with Gasteiger partial charge in [0.25, 0.3) is 0 Å². The van der Waals surface area contributed by atoms with Crippen LogP contribution in [0.15, 0.2) is 24.3 Å². The molecule has 0 aliphatic heterocycles. The minimum atomic E-state index is -0.923. The van der Waals surface area contributed by atoms with E-state index < -0.39 is 29.7 Å². The number of likely N-dealkylation sites (N-methyl/N-ethyl adjacent to an activating group) is 1. The van der Waals surface area contributed by atoms with Gasteiger partial charge in [0.2, 0.25) is 11.8 Å². The maximum absolute atomic E-state index is 13.3. The largest absolute Gasteiger partial charge is 0.444 e. The highest BCUT2D eigenvalue weighted by atomic mass is 32.1. The van der Waals surface area contributed by atoms with Crippen LogP contribution in [-0.4, -0.2) is 53.3 Å². The van der Waals surface area contributed by atoms with Crippen molar-refractivity contribution in [2.45, 2.75) is 83.5 Å². The van der Waals surface area contributed by atoms with E-state index >= 15 is 0 Å². The molecule has 8 heteroatoms. The number of benzene rings is 1. The van der Waals surface area contributed by atoms with E-state index in [0.29, 0.717) is 0 Å². The first-order valence-corrected chi connectivity index (χ1v) is 11.9. The second-order valence-corrected chi connectivity index (χ2v) is 9.85. The summed E-state index contributed by atoms with van der Waals surface area (Å²) < 4.78 is 5.27. The third kappa shape index (κ3) is 7.73. The molecule has 0 aromatic heterocycles. The summed E-state index contributed by atoms with van der Waals surface area (Å²) in [6, 6.07) is 5.95. The summed E-state index contributed by atoms with van der Waals surface area (Å²) >= 11 is 4.24. The molecule has 0 spiro atoms. The lowest BCUT2D eigenvalue weighted by atomic mass is 9.94. The monoisotopic (exact) mass is 463 g/mol. The first kappa shape index (κ1) is 26.0. The molecule has 2 rings (SSSR count). The van der Waals surface area contributed by atoms with Crippen LogP contribution in [0.3, 0.4) is 0 Å². The van der Waals surface area contributed by atoms with Crippen LogP contribution >= 0.6 is 12.6 Å². The second-order valence-electron chi connectivity index (χ2n) is 9.49. The number of aryl methyl sites for hydroxylation is 1. The lowest BCUT2D eigenvalue weighted by Gasteiger charge is -2.33. The number of alkyl carbamates (subject to hydrolysis) is 1. The van der Waals surface area contributed by atoms with Gasteiger partial charge in [-0.1, -0.05) is 49.1 Å². The molecule has 1 fully saturated rings. The highest BCUT2D eigenvalue weighted by molar-refractivity contribution is 7.80. The number of carbonyl (C=O) groups is 3. The zero-order valence-corrected chi connectivity index (χ0v) is 20.7. The maximum atomic E-state index is 13.3. The number of hydrogen-bond acceptors (Lipinski definition) is 5. The fraction of sp³-hybridized carbons (Fsp3) is 0.625. The predicted octanol–water partition coefficient (Wildman–Crippen LogP) is 3.77. The van der Waals surface area contributed by atoms with Crippen molar-refractivity contribution in [3.8, 4) is 0 Å². The van der Waals surface area contributed by atoms with Crippen molar-refractivity contribution in [2.24, 2.45) is 0 Å². The van der Waals surface area contributed by atoms with E-state index in [4.69, 9.17) is 4.74 Å². The molecule has 32 heavy (non-hydrogen) atoms. The van der Waals surface area contributed by atoms with Crippen molar-refractivity contribution in [1.29, 1.82) is 0 Å². The molecule has 178 valence electrons. The van der Waals surface area contributed by atoms with Crippen molar-refractivity contribution in [3.05, 3.63) is 35.4 Å². The van der Waals surface area contributed by atoms with Gasteiger partial charge in [0.1, 0.15) is 17.7 Å². The molecule has 2 atom stereocenters. The molecular weight excluding hydrogens is 426 g/mol. The molecule has 7 nitrogen and oxygen atoms in total. The van der Waals surface area contributed by atoms with E-state index in [1.54, 1.807) is 27.8 Å². The zero-order valence-electron chi connectivity index (χ0n) is 19.8. The summed E-state index contributed by atoms with van der Waals surface area (Å²) in [7, 11) is 1.58. The van der Waals surface area contributed by atoms with E-state index in [-0.39, 0.29) is 17.7 Å². The van der Waals surface area contributed by atoms with Crippen LogP contribution in [-0.2, 0) is 14.3 Å². The second kappa shape index (κ2) is 11.6. The Balaban J connectivity index is 2.22. The minimum absolute atomic E-state index is 0.0767. The zero-order chi connectivity index (χ0) is 23.9. The van der Waals surface area contributed by atoms with Crippen LogP contribution in [0.2, 0.25) is 0 Å². The number of nitrogens with one attached hydrogen (secondary N) is 2. The molecule has 1 aromatic carbocycles. The number of rotatable bonds is 7. The molecule has 0 bridgehead atoms.